The van der Waals surface area contributed by atoms with Crippen molar-refractivity contribution in [1.82, 2.24) is 0 Å². The van der Waals surface area contributed by atoms with Gasteiger partial charge in [-0.2, -0.15) is 15.8 Å². The molecule has 6 aromatic carbocycles. The van der Waals surface area contributed by atoms with Gasteiger partial charge in [0.25, 0.3) is 0 Å². The number of benzene rings is 6. The Morgan fingerprint density at radius 2 is 0.867 bits per heavy atom. The zero-order chi connectivity index (χ0) is 54.0. The summed E-state index contributed by atoms with van der Waals surface area (Å²) in [6.07, 6.45) is 6.50. The van der Waals surface area contributed by atoms with Crippen molar-refractivity contribution in [2.24, 2.45) is 5.92 Å². The molecule has 2 atom stereocenters. The number of hydrogen-bond acceptors (Lipinski definition) is 13. The molecule has 13 nitrogen and oxygen atoms in total. The Hall–Kier alpha value is -6.90. The van der Waals surface area contributed by atoms with E-state index in [4.69, 9.17) is 23.5 Å². The average Bonchev–Trinajstić information content (AvgIpc) is 3.43. The Morgan fingerprint density at radius 1 is 0.480 bits per heavy atom. The van der Waals surface area contributed by atoms with Crippen LogP contribution >= 0.6 is 0 Å². The lowest BCUT2D eigenvalue weighted by Crippen LogP contribution is -2.66. The molecular weight excluding hydrogens is 943 g/mol. The predicted octanol–water partition coefficient (Wildman–Crippen LogP) is 9.45. The van der Waals surface area contributed by atoms with Crippen LogP contribution in [0.3, 0.4) is 0 Å². The summed E-state index contributed by atoms with van der Waals surface area (Å²) in [6.45, 7) is 6.33. The molecule has 5 N–H and O–H groups in total. The summed E-state index contributed by atoms with van der Waals surface area (Å²) in [5, 5.41) is 86.2. The first-order chi connectivity index (χ1) is 36.2. The predicted molar refractivity (Wildman–Crippen MR) is 292 cm³/mol. The maximum atomic E-state index is 12.9. The summed E-state index contributed by atoms with van der Waals surface area (Å²) in [7, 11) is -1.62. The lowest BCUT2D eigenvalue weighted by molar-refractivity contribution is 0.0737. The van der Waals surface area contributed by atoms with Crippen LogP contribution in [0.25, 0.3) is 0 Å². The van der Waals surface area contributed by atoms with Gasteiger partial charge in [0.2, 0.25) is 0 Å². The summed E-state index contributed by atoms with van der Waals surface area (Å²) < 4.78 is 32.9. The Balaban J connectivity index is 1.46. The molecule has 386 valence electrons. The van der Waals surface area contributed by atoms with Crippen molar-refractivity contribution in [1.29, 1.82) is 15.8 Å². The number of nitriles is 3. The number of unbranched alkanes of at least 4 members (excludes halogenated alkanes) is 4. The third kappa shape index (κ3) is 15.6. The van der Waals surface area contributed by atoms with Crippen LogP contribution in [0.15, 0.2) is 127 Å². The Bertz CT molecular complexity index is 2920. The summed E-state index contributed by atoms with van der Waals surface area (Å²) in [6, 6.07) is 41.5. The van der Waals surface area contributed by atoms with Gasteiger partial charge in [-0.3, -0.25) is 0 Å². The lowest BCUT2D eigenvalue weighted by atomic mass is 9.41. The molecular formula is C59H66B3N3O10. The number of nitrogens with zero attached hydrogens (tertiary/aromatic N) is 3. The molecule has 2 unspecified atom stereocenters. The van der Waals surface area contributed by atoms with Crippen LogP contribution in [0.4, 0.5) is 0 Å². The summed E-state index contributed by atoms with van der Waals surface area (Å²) in [4.78, 5) is 0. The van der Waals surface area contributed by atoms with Crippen LogP contribution in [0.5, 0.6) is 34.5 Å². The smallest absolute Gasteiger partial charge is 0.457 e. The van der Waals surface area contributed by atoms with E-state index < -0.39 is 51.8 Å². The second-order valence-corrected chi connectivity index (χ2v) is 19.7. The fraction of sp³-hybridized carbons (Fsp3) is 0.339. The third-order valence-electron chi connectivity index (χ3n) is 13.5. The van der Waals surface area contributed by atoms with Crippen molar-refractivity contribution in [3.63, 3.8) is 0 Å². The van der Waals surface area contributed by atoms with E-state index in [0.717, 1.165) is 32.1 Å². The Kier molecular flexibility index (Phi) is 21.1. The molecule has 0 fully saturated rings. The van der Waals surface area contributed by atoms with E-state index in [-0.39, 0.29) is 5.46 Å². The SMILES string of the molecule is CCCCCCC(C)(OB(O)c1ccc(Oc2ccc(C#N)cc2)cc1CO)B(OC(C)(CCCCC(C)C)B(O)c1ccc(Oc2ccc(C#N)cc2)cc1CO)c1ccc(Oc2ccc(C#N)cc2)cc1CO. The van der Waals surface area contributed by atoms with Crippen molar-refractivity contribution < 1.29 is 48.9 Å². The molecule has 0 aromatic heterocycles. The van der Waals surface area contributed by atoms with E-state index in [1.165, 1.54) is 0 Å². The molecule has 0 aliphatic rings. The molecule has 0 radical (unpaired) electrons. The molecule has 75 heavy (non-hydrogen) atoms. The van der Waals surface area contributed by atoms with E-state index in [1.807, 2.05) is 13.8 Å². The highest BCUT2D eigenvalue weighted by Crippen LogP contribution is 2.34. The van der Waals surface area contributed by atoms with Crippen LogP contribution < -0.4 is 30.6 Å². The monoisotopic (exact) mass is 1010 g/mol. The van der Waals surface area contributed by atoms with Gasteiger partial charge in [0.1, 0.15) is 34.5 Å². The first kappa shape index (κ1) is 57.4. The molecule has 0 amide bonds. The molecule has 0 bridgehead atoms. The van der Waals surface area contributed by atoms with Gasteiger partial charge >= 0.3 is 20.9 Å². The van der Waals surface area contributed by atoms with E-state index >= 15 is 0 Å². The van der Waals surface area contributed by atoms with E-state index in [1.54, 1.807) is 127 Å². The minimum Gasteiger partial charge on any atom is -0.457 e. The number of aliphatic hydroxyl groups excluding tert-OH is 3. The van der Waals surface area contributed by atoms with Gasteiger partial charge < -0.3 is 48.9 Å². The van der Waals surface area contributed by atoms with E-state index in [0.29, 0.717) is 110 Å². The molecule has 0 heterocycles. The maximum absolute atomic E-state index is 12.9. The fourth-order valence-electron chi connectivity index (χ4n) is 9.19. The minimum atomic E-state index is -1.62. The first-order valence-corrected chi connectivity index (χ1v) is 25.6. The number of hydrogen-bond donors (Lipinski definition) is 5. The highest BCUT2D eigenvalue weighted by molar-refractivity contribution is 6.75. The van der Waals surface area contributed by atoms with Crippen LogP contribution in [0.1, 0.15) is 126 Å². The minimum absolute atomic E-state index is 0.282. The molecule has 6 aromatic rings. The highest BCUT2D eigenvalue weighted by atomic mass is 16.6. The van der Waals surface area contributed by atoms with Crippen molar-refractivity contribution in [2.75, 3.05) is 0 Å². The molecule has 0 spiro atoms. The van der Waals surface area contributed by atoms with Gasteiger partial charge in [-0.25, -0.2) is 0 Å². The van der Waals surface area contributed by atoms with Gasteiger partial charge in [0.15, 0.2) is 0 Å². The van der Waals surface area contributed by atoms with E-state index in [2.05, 4.69) is 39.0 Å². The summed E-state index contributed by atoms with van der Waals surface area (Å²) in [5.41, 5.74) is 0.986. The van der Waals surface area contributed by atoms with Gasteiger partial charge in [-0.1, -0.05) is 83.9 Å². The van der Waals surface area contributed by atoms with Crippen molar-refractivity contribution >= 4 is 37.3 Å². The van der Waals surface area contributed by atoms with Crippen molar-refractivity contribution in [3.05, 3.63) is 161 Å². The highest BCUT2D eigenvalue weighted by Gasteiger charge is 2.51. The molecule has 0 aliphatic carbocycles. The quantitative estimate of drug-likeness (QED) is 0.0229. The summed E-state index contributed by atoms with van der Waals surface area (Å²) >= 11 is 0. The normalized spacial score (nSPS) is 12.6. The fourth-order valence-corrected chi connectivity index (χ4v) is 9.19. The molecule has 0 saturated carbocycles. The third-order valence-corrected chi connectivity index (χ3v) is 13.5. The van der Waals surface area contributed by atoms with Crippen LogP contribution in [0, 0.1) is 39.9 Å². The maximum Gasteiger partial charge on any atom is 0.491 e. The molecule has 16 heteroatoms. The zero-order valence-electron chi connectivity index (χ0n) is 43.5. The van der Waals surface area contributed by atoms with Crippen LogP contribution in [0.2, 0.25) is 0 Å². The topological polar surface area (TPSA) is 219 Å². The van der Waals surface area contributed by atoms with Gasteiger partial charge in [-0.15, -0.1) is 0 Å². The summed E-state index contributed by atoms with van der Waals surface area (Å²) in [5.74, 6) is 3.06. The van der Waals surface area contributed by atoms with Crippen molar-refractivity contribution in [2.45, 2.75) is 123 Å². The molecule has 0 saturated heterocycles. The second-order valence-electron chi connectivity index (χ2n) is 19.7. The number of rotatable bonds is 28. The number of aliphatic hydroxyl groups is 3. The first-order valence-electron chi connectivity index (χ1n) is 25.6. The van der Waals surface area contributed by atoms with Gasteiger partial charge in [-0.05, 0) is 175 Å². The average molecular weight is 1010 g/mol. The van der Waals surface area contributed by atoms with Crippen LogP contribution in [-0.4, -0.2) is 57.3 Å². The van der Waals surface area contributed by atoms with Crippen molar-refractivity contribution in [3.8, 4) is 52.7 Å². The van der Waals surface area contributed by atoms with Gasteiger partial charge in [0.05, 0.1) is 65.7 Å². The van der Waals surface area contributed by atoms with E-state index in [9.17, 15) is 41.2 Å². The molecule has 0 aliphatic heterocycles. The number of ether oxygens (including phenoxy) is 3. The standard InChI is InChI=1S/C59H66B3N3O10/c1-6-7-8-10-32-59(5,75-62(70)57-30-27-54(35-48(57)41-68)73-51-23-17-45(38-65)18-24-51)61(56-29-26-53(34-47(56)40-67)72-50-21-15-44(37-64)16-22-50)74-58(4,31-11-9-12-42(2)3)60(69)55-28-25-52(33-46(55)39-66)71-49-19-13-43(36-63)14-20-49/h13-30,33-35,42,66-70H,6-12,31-32,39-41H2,1-5H3. The zero-order valence-corrected chi connectivity index (χ0v) is 43.5. The second kappa shape index (κ2) is 27.6. The Labute approximate surface area is 442 Å². The molecule has 6 rings (SSSR count). The lowest BCUT2D eigenvalue weighted by Gasteiger charge is -2.44. The van der Waals surface area contributed by atoms with Crippen LogP contribution in [-0.2, 0) is 29.1 Å². The van der Waals surface area contributed by atoms with Gasteiger partial charge in [0, 0.05) is 0 Å². The largest absolute Gasteiger partial charge is 0.491 e. The Morgan fingerprint density at radius 3 is 1.29 bits per heavy atom.